The summed E-state index contributed by atoms with van der Waals surface area (Å²) in [5.74, 6) is 0.612. The van der Waals surface area contributed by atoms with Crippen LogP contribution in [0.2, 0.25) is 0 Å². The molecule has 1 heterocycles. The third-order valence-corrected chi connectivity index (χ3v) is 7.28. The maximum absolute atomic E-state index is 12.3. The summed E-state index contributed by atoms with van der Waals surface area (Å²) >= 11 is 0. The fourth-order valence-electron chi connectivity index (χ4n) is 3.49. The molecule has 1 aromatic heterocycles. The van der Waals surface area contributed by atoms with Crippen molar-refractivity contribution in [1.29, 1.82) is 0 Å². The first-order chi connectivity index (χ1) is 15.7. The Hall–Kier alpha value is -2.77. The second kappa shape index (κ2) is 9.84. The van der Waals surface area contributed by atoms with E-state index in [1.807, 2.05) is 4.72 Å². The quantitative estimate of drug-likeness (QED) is 0.447. The summed E-state index contributed by atoms with van der Waals surface area (Å²) in [5, 5.41) is 2.98. The van der Waals surface area contributed by atoms with E-state index in [2.05, 4.69) is 15.3 Å². The Morgan fingerprint density at radius 2 is 1.68 bits per heavy atom. The minimum Gasteiger partial charge on any atom is -0.443 e. The Labute approximate surface area is 199 Å². The van der Waals surface area contributed by atoms with Gasteiger partial charge in [0.25, 0.3) is 20.1 Å². The molecule has 11 nitrogen and oxygen atoms in total. The lowest BCUT2D eigenvalue weighted by molar-refractivity contribution is 0.0570. The van der Waals surface area contributed by atoms with E-state index < -0.39 is 31.8 Å². The summed E-state index contributed by atoms with van der Waals surface area (Å²) in [6, 6.07) is 5.72. The molecule has 1 saturated carbocycles. The first-order valence-electron chi connectivity index (χ1n) is 10.6. The van der Waals surface area contributed by atoms with E-state index in [1.165, 1.54) is 24.3 Å². The van der Waals surface area contributed by atoms with E-state index in [1.54, 1.807) is 33.2 Å². The lowest BCUT2D eigenvalue weighted by Crippen LogP contribution is -2.36. The molecule has 3 N–H and O–H groups in total. The van der Waals surface area contributed by atoms with E-state index in [-0.39, 0.29) is 22.5 Å². The molecule has 0 bridgehead atoms. The standard InChI is InChI=1S/C21H28N4O7S2/c1-21(2,3)32-20(26)25-34(30,31)18-6-4-17(5-7-18)24-19-22-12-16(13-23-19)15-10-14(11-15)8-9-33(27,28)29/h4-7,12-15H,8-11H2,1-3H3,(H,25,26)(H,22,23,24)(H,27,28,29). The van der Waals surface area contributed by atoms with Crippen molar-refractivity contribution < 1.29 is 30.9 Å². The van der Waals surface area contributed by atoms with E-state index in [0.29, 0.717) is 18.1 Å². The van der Waals surface area contributed by atoms with Crippen molar-refractivity contribution in [3.05, 3.63) is 42.2 Å². The summed E-state index contributed by atoms with van der Waals surface area (Å²) in [4.78, 5) is 20.2. The number of anilines is 2. The normalized spacial score (nSPS) is 18.6. The SMILES string of the molecule is CC(C)(C)OC(=O)NS(=O)(=O)c1ccc(Nc2ncc(C3CC(CCS(=O)(=O)O)C3)cn2)cc1. The molecule has 0 atom stereocenters. The number of carbonyl (C=O) groups excluding carboxylic acids is 1. The zero-order valence-corrected chi connectivity index (χ0v) is 20.7. The van der Waals surface area contributed by atoms with Gasteiger partial charge in [0.05, 0.1) is 10.6 Å². The molecular weight excluding hydrogens is 484 g/mol. The molecule has 1 aliphatic rings. The van der Waals surface area contributed by atoms with Gasteiger partial charge >= 0.3 is 6.09 Å². The molecule has 0 spiro atoms. The molecule has 0 aliphatic heterocycles. The molecule has 2 aromatic rings. The number of amides is 1. The van der Waals surface area contributed by atoms with Gasteiger partial charge in [-0.2, -0.15) is 8.42 Å². The van der Waals surface area contributed by atoms with Crippen LogP contribution >= 0.6 is 0 Å². The number of sulfonamides is 1. The molecule has 3 rings (SSSR count). The number of ether oxygens (including phenoxy) is 1. The van der Waals surface area contributed by atoms with Crippen LogP contribution in [0.5, 0.6) is 0 Å². The molecule has 1 aromatic carbocycles. The van der Waals surface area contributed by atoms with Gasteiger partial charge in [-0.15, -0.1) is 0 Å². The average Bonchev–Trinajstić information content (AvgIpc) is 2.65. The zero-order valence-electron chi connectivity index (χ0n) is 19.1. The Balaban J connectivity index is 1.53. The number of carbonyl (C=O) groups is 1. The van der Waals surface area contributed by atoms with Crippen LogP contribution in [-0.2, 0) is 24.9 Å². The van der Waals surface area contributed by atoms with Crippen molar-refractivity contribution in [2.75, 3.05) is 11.1 Å². The summed E-state index contributed by atoms with van der Waals surface area (Å²) in [7, 11) is -8.01. The molecule has 13 heteroatoms. The van der Waals surface area contributed by atoms with Crippen LogP contribution in [0, 0.1) is 5.92 Å². The van der Waals surface area contributed by atoms with Crippen LogP contribution in [0.25, 0.3) is 0 Å². The van der Waals surface area contributed by atoms with Gasteiger partial charge in [0.15, 0.2) is 0 Å². The van der Waals surface area contributed by atoms with Crippen LogP contribution in [0.1, 0.15) is 51.5 Å². The largest absolute Gasteiger partial charge is 0.443 e. The van der Waals surface area contributed by atoms with Crippen molar-refractivity contribution in [3.63, 3.8) is 0 Å². The van der Waals surface area contributed by atoms with Crippen LogP contribution in [-0.4, -0.2) is 48.8 Å². The second-order valence-electron chi connectivity index (χ2n) is 9.21. The van der Waals surface area contributed by atoms with Crippen LogP contribution < -0.4 is 10.0 Å². The maximum atomic E-state index is 12.3. The van der Waals surface area contributed by atoms with Crippen molar-refractivity contribution in [2.24, 2.45) is 5.92 Å². The average molecular weight is 513 g/mol. The highest BCUT2D eigenvalue weighted by Crippen LogP contribution is 2.43. The van der Waals surface area contributed by atoms with Gasteiger partial charge in [-0.05, 0) is 81.7 Å². The minimum atomic E-state index is -4.08. The molecule has 1 fully saturated rings. The number of nitrogens with one attached hydrogen (secondary N) is 2. The molecule has 186 valence electrons. The number of nitrogens with zero attached hydrogens (tertiary/aromatic N) is 2. The van der Waals surface area contributed by atoms with E-state index >= 15 is 0 Å². The van der Waals surface area contributed by atoms with E-state index in [9.17, 15) is 21.6 Å². The highest BCUT2D eigenvalue weighted by atomic mass is 32.2. The Morgan fingerprint density at radius 3 is 2.21 bits per heavy atom. The van der Waals surface area contributed by atoms with Gasteiger partial charge in [-0.3, -0.25) is 4.55 Å². The topological polar surface area (TPSA) is 165 Å². The van der Waals surface area contributed by atoms with Crippen molar-refractivity contribution in [2.45, 2.75) is 56.4 Å². The Kier molecular flexibility index (Phi) is 7.48. The van der Waals surface area contributed by atoms with Gasteiger partial charge in [-0.1, -0.05) is 0 Å². The number of rotatable bonds is 8. The smallest absolute Gasteiger partial charge is 0.421 e. The molecule has 0 radical (unpaired) electrons. The highest BCUT2D eigenvalue weighted by Gasteiger charge is 2.31. The molecule has 1 aliphatic carbocycles. The molecule has 1 amide bonds. The van der Waals surface area contributed by atoms with Crippen LogP contribution in [0.15, 0.2) is 41.6 Å². The molecule has 0 saturated heterocycles. The number of benzene rings is 1. The van der Waals surface area contributed by atoms with Crippen molar-refractivity contribution in [1.82, 2.24) is 14.7 Å². The lowest BCUT2D eigenvalue weighted by atomic mass is 9.71. The fraction of sp³-hybridized carbons (Fsp3) is 0.476. The Bertz CT molecular complexity index is 1220. The van der Waals surface area contributed by atoms with Gasteiger partial charge in [0.1, 0.15) is 5.60 Å². The highest BCUT2D eigenvalue weighted by molar-refractivity contribution is 7.90. The zero-order chi connectivity index (χ0) is 25.1. The predicted molar refractivity (Wildman–Crippen MR) is 125 cm³/mol. The number of aromatic nitrogens is 2. The summed E-state index contributed by atoms with van der Waals surface area (Å²) < 4.78 is 62.1. The van der Waals surface area contributed by atoms with Gasteiger partial charge in [-0.25, -0.2) is 27.9 Å². The van der Waals surface area contributed by atoms with Gasteiger partial charge in [0, 0.05) is 18.1 Å². The number of hydrogen-bond donors (Lipinski definition) is 3. The monoisotopic (exact) mass is 512 g/mol. The van der Waals surface area contributed by atoms with Crippen LogP contribution in [0.4, 0.5) is 16.4 Å². The summed E-state index contributed by atoms with van der Waals surface area (Å²) in [5.41, 5.74) is 0.674. The van der Waals surface area contributed by atoms with Crippen molar-refractivity contribution in [3.8, 4) is 0 Å². The first-order valence-corrected chi connectivity index (χ1v) is 13.7. The fourth-order valence-corrected chi connectivity index (χ4v) is 4.99. The third-order valence-electron chi connectivity index (χ3n) is 5.20. The summed E-state index contributed by atoms with van der Waals surface area (Å²) in [6.07, 6.45) is 4.41. The maximum Gasteiger partial charge on any atom is 0.421 e. The molecule has 0 unspecified atom stereocenters. The third kappa shape index (κ3) is 7.64. The lowest BCUT2D eigenvalue weighted by Gasteiger charge is -2.35. The number of hydrogen-bond acceptors (Lipinski definition) is 9. The van der Waals surface area contributed by atoms with Crippen molar-refractivity contribution >= 4 is 37.9 Å². The van der Waals surface area contributed by atoms with Gasteiger partial charge < -0.3 is 10.1 Å². The predicted octanol–water partition coefficient (Wildman–Crippen LogP) is 3.21. The van der Waals surface area contributed by atoms with Gasteiger partial charge in [0.2, 0.25) is 5.95 Å². The van der Waals surface area contributed by atoms with Crippen LogP contribution in [0.3, 0.4) is 0 Å². The molecular formula is C21H28N4O7S2. The second-order valence-corrected chi connectivity index (χ2v) is 12.5. The first kappa shape index (κ1) is 25.8. The Morgan fingerprint density at radius 1 is 1.09 bits per heavy atom. The van der Waals surface area contributed by atoms with E-state index in [0.717, 1.165) is 18.4 Å². The molecule has 34 heavy (non-hydrogen) atoms. The summed E-state index contributed by atoms with van der Waals surface area (Å²) in [6.45, 7) is 4.89. The minimum absolute atomic E-state index is 0.103. The van der Waals surface area contributed by atoms with E-state index in [4.69, 9.17) is 9.29 Å².